The average Bonchev–Trinajstić information content (AvgIpc) is 3.28. The number of rotatable bonds is 10. The first-order chi connectivity index (χ1) is 17.0. The van der Waals surface area contributed by atoms with Gasteiger partial charge in [-0.05, 0) is 30.5 Å². The lowest BCUT2D eigenvalue weighted by atomic mass is 10.1. The Morgan fingerprint density at radius 1 is 1.14 bits per heavy atom. The van der Waals surface area contributed by atoms with Crippen LogP contribution in [0.2, 0.25) is 0 Å². The van der Waals surface area contributed by atoms with Crippen LogP contribution in [0.4, 0.5) is 11.4 Å². The fraction of sp³-hybridized carbons (Fsp3) is 0.208. The number of thioether (sulfide) groups is 1. The van der Waals surface area contributed by atoms with Crippen LogP contribution < -0.4 is 14.8 Å². The number of nitro groups is 1. The fourth-order valence-corrected chi connectivity index (χ4v) is 4.35. The summed E-state index contributed by atoms with van der Waals surface area (Å²) in [6.45, 7) is 2.77. The summed E-state index contributed by atoms with van der Waals surface area (Å²) in [6, 6.07) is 18.1. The number of methoxy groups -OCH3 is 1. The Bertz CT molecular complexity index is 1370. The predicted octanol–water partition coefficient (Wildman–Crippen LogP) is 4.68. The third-order valence-corrected chi connectivity index (χ3v) is 6.19. The molecule has 4 rings (SSSR count). The maximum Gasteiger partial charge on any atom is 0.296 e. The first-order valence-corrected chi connectivity index (χ1v) is 11.8. The minimum absolute atomic E-state index is 0.00545. The van der Waals surface area contributed by atoms with Gasteiger partial charge in [-0.25, -0.2) is 0 Å². The molecule has 0 aliphatic carbocycles. The first-order valence-electron chi connectivity index (χ1n) is 10.8. The molecule has 1 heterocycles. The molecule has 0 aliphatic heterocycles. The zero-order valence-electron chi connectivity index (χ0n) is 19.1. The van der Waals surface area contributed by atoms with Gasteiger partial charge < -0.3 is 19.4 Å². The molecule has 0 radical (unpaired) electrons. The Morgan fingerprint density at radius 3 is 2.71 bits per heavy atom. The summed E-state index contributed by atoms with van der Waals surface area (Å²) in [4.78, 5) is 23.3. The number of nitrogens with zero attached hydrogens (tertiary/aromatic N) is 4. The highest BCUT2D eigenvalue weighted by Gasteiger charge is 2.19. The normalized spacial score (nSPS) is 10.8. The number of nitrogens with one attached hydrogen (secondary N) is 1. The van der Waals surface area contributed by atoms with Crippen LogP contribution in [0.25, 0.3) is 10.8 Å². The molecule has 180 valence electrons. The summed E-state index contributed by atoms with van der Waals surface area (Å²) in [7, 11) is 1.42. The molecule has 0 atom stereocenters. The lowest BCUT2D eigenvalue weighted by Gasteiger charge is -2.11. The summed E-state index contributed by atoms with van der Waals surface area (Å²) in [5.74, 6) is 1.32. The van der Waals surface area contributed by atoms with Crippen LogP contribution >= 0.6 is 11.8 Å². The molecular weight excluding hydrogens is 470 g/mol. The van der Waals surface area contributed by atoms with Crippen molar-refractivity contribution in [1.29, 1.82) is 0 Å². The lowest BCUT2D eigenvalue weighted by molar-refractivity contribution is -0.384. The van der Waals surface area contributed by atoms with E-state index in [1.807, 2.05) is 54.0 Å². The highest BCUT2D eigenvalue weighted by Crippen LogP contribution is 2.30. The topological polar surface area (TPSA) is 121 Å². The maximum atomic E-state index is 12.5. The number of benzene rings is 3. The van der Waals surface area contributed by atoms with E-state index in [1.165, 1.54) is 31.0 Å². The Balaban J connectivity index is 1.41. The van der Waals surface area contributed by atoms with Crippen molar-refractivity contribution in [1.82, 2.24) is 14.8 Å². The van der Waals surface area contributed by atoms with Gasteiger partial charge in [0.15, 0.2) is 11.0 Å². The molecule has 10 nitrogen and oxygen atoms in total. The Hall–Kier alpha value is -4.12. The van der Waals surface area contributed by atoms with Crippen LogP contribution in [0.1, 0.15) is 12.7 Å². The molecule has 0 fully saturated rings. The molecule has 11 heteroatoms. The standard InChI is InChI=1S/C24H23N5O5S/c1-3-28-22(14-34-21-10-6-8-16-7-4-5-9-18(16)21)26-27-24(28)35-15-23(30)25-19-12-11-17(33-2)13-20(19)29(31)32/h4-13H,3,14-15H2,1-2H3,(H,25,30). The number of hydrogen-bond acceptors (Lipinski definition) is 8. The molecule has 1 aromatic heterocycles. The summed E-state index contributed by atoms with van der Waals surface area (Å²) < 4.78 is 12.9. The number of nitro benzene ring substituents is 1. The Labute approximate surface area is 205 Å². The third kappa shape index (κ3) is 5.52. The van der Waals surface area contributed by atoms with Crippen LogP contribution in [0, 0.1) is 10.1 Å². The molecule has 0 saturated carbocycles. The van der Waals surface area contributed by atoms with E-state index in [0.717, 1.165) is 16.5 Å². The van der Waals surface area contributed by atoms with Gasteiger partial charge in [-0.15, -0.1) is 10.2 Å². The van der Waals surface area contributed by atoms with Gasteiger partial charge in [0.25, 0.3) is 5.69 Å². The van der Waals surface area contributed by atoms with Crippen LogP contribution in [-0.4, -0.2) is 38.5 Å². The van der Waals surface area contributed by atoms with Crippen molar-refractivity contribution in [2.24, 2.45) is 0 Å². The van der Waals surface area contributed by atoms with Gasteiger partial charge in [0, 0.05) is 11.9 Å². The van der Waals surface area contributed by atoms with Gasteiger partial charge in [-0.1, -0.05) is 48.2 Å². The smallest absolute Gasteiger partial charge is 0.296 e. The predicted molar refractivity (Wildman–Crippen MR) is 133 cm³/mol. The van der Waals surface area contributed by atoms with Crippen LogP contribution in [0.5, 0.6) is 11.5 Å². The van der Waals surface area contributed by atoms with E-state index in [0.29, 0.717) is 23.3 Å². The molecule has 0 saturated heterocycles. The second-order valence-electron chi connectivity index (χ2n) is 7.39. The molecular formula is C24H23N5O5S. The summed E-state index contributed by atoms with van der Waals surface area (Å²) >= 11 is 1.19. The lowest BCUT2D eigenvalue weighted by Crippen LogP contribution is -2.16. The molecule has 1 N–H and O–H groups in total. The summed E-state index contributed by atoms with van der Waals surface area (Å²) in [6.07, 6.45) is 0. The Morgan fingerprint density at radius 2 is 1.94 bits per heavy atom. The van der Waals surface area contributed by atoms with Gasteiger partial charge in [0.1, 0.15) is 23.8 Å². The monoisotopic (exact) mass is 493 g/mol. The highest BCUT2D eigenvalue weighted by atomic mass is 32.2. The zero-order chi connectivity index (χ0) is 24.8. The van der Waals surface area contributed by atoms with Crippen molar-refractivity contribution in [2.45, 2.75) is 25.2 Å². The van der Waals surface area contributed by atoms with E-state index < -0.39 is 10.8 Å². The molecule has 0 unspecified atom stereocenters. The highest BCUT2D eigenvalue weighted by molar-refractivity contribution is 7.99. The van der Waals surface area contributed by atoms with Gasteiger partial charge in [-0.3, -0.25) is 14.9 Å². The fourth-order valence-electron chi connectivity index (χ4n) is 3.53. The summed E-state index contributed by atoms with van der Waals surface area (Å²) in [5.41, 5.74) is -0.144. The Kier molecular flexibility index (Phi) is 7.46. The van der Waals surface area contributed by atoms with Crippen molar-refractivity contribution >= 4 is 39.8 Å². The number of aromatic nitrogens is 3. The van der Waals surface area contributed by atoms with Crippen molar-refractivity contribution in [3.63, 3.8) is 0 Å². The largest absolute Gasteiger partial charge is 0.496 e. The number of anilines is 1. The second-order valence-corrected chi connectivity index (χ2v) is 8.33. The van der Waals surface area contributed by atoms with Gasteiger partial charge in [-0.2, -0.15) is 0 Å². The van der Waals surface area contributed by atoms with E-state index in [4.69, 9.17) is 9.47 Å². The molecule has 35 heavy (non-hydrogen) atoms. The first kappa shape index (κ1) is 24.0. The number of carbonyl (C=O) groups is 1. The maximum absolute atomic E-state index is 12.5. The number of hydrogen-bond donors (Lipinski definition) is 1. The molecule has 3 aromatic carbocycles. The minimum Gasteiger partial charge on any atom is -0.496 e. The van der Waals surface area contributed by atoms with E-state index >= 15 is 0 Å². The second kappa shape index (κ2) is 10.9. The molecule has 1 amide bonds. The van der Waals surface area contributed by atoms with E-state index in [9.17, 15) is 14.9 Å². The van der Waals surface area contributed by atoms with Crippen LogP contribution in [-0.2, 0) is 17.9 Å². The molecule has 0 spiro atoms. The third-order valence-electron chi connectivity index (χ3n) is 5.22. The SMILES string of the molecule is CCn1c(COc2cccc3ccccc23)nnc1SCC(=O)Nc1ccc(OC)cc1[N+](=O)[O-]. The van der Waals surface area contributed by atoms with Crippen LogP contribution in [0.3, 0.4) is 0 Å². The van der Waals surface area contributed by atoms with Gasteiger partial charge in [0.05, 0.1) is 23.9 Å². The number of amides is 1. The summed E-state index contributed by atoms with van der Waals surface area (Å²) in [5, 5.41) is 25.0. The van der Waals surface area contributed by atoms with Crippen molar-refractivity contribution in [3.8, 4) is 11.5 Å². The van der Waals surface area contributed by atoms with Crippen molar-refractivity contribution in [2.75, 3.05) is 18.2 Å². The number of fused-ring (bicyclic) bond motifs is 1. The number of ether oxygens (including phenoxy) is 2. The van der Waals surface area contributed by atoms with Gasteiger partial charge in [0.2, 0.25) is 5.91 Å². The van der Waals surface area contributed by atoms with Gasteiger partial charge >= 0.3 is 0 Å². The quantitative estimate of drug-likeness (QED) is 0.192. The van der Waals surface area contributed by atoms with E-state index in [1.54, 1.807) is 6.07 Å². The number of carbonyl (C=O) groups excluding carboxylic acids is 1. The van der Waals surface area contributed by atoms with E-state index in [-0.39, 0.29) is 23.7 Å². The minimum atomic E-state index is -0.568. The molecule has 0 bridgehead atoms. The molecule has 0 aliphatic rings. The van der Waals surface area contributed by atoms with Crippen molar-refractivity contribution < 1.29 is 19.2 Å². The molecule has 4 aromatic rings. The van der Waals surface area contributed by atoms with Crippen LogP contribution in [0.15, 0.2) is 65.8 Å². The average molecular weight is 494 g/mol. The zero-order valence-corrected chi connectivity index (χ0v) is 19.9. The van der Waals surface area contributed by atoms with Crippen molar-refractivity contribution in [3.05, 3.63) is 76.6 Å². The van der Waals surface area contributed by atoms with E-state index in [2.05, 4.69) is 15.5 Å².